The number of anilines is 1. The fourth-order valence-electron chi connectivity index (χ4n) is 1.30. The van der Waals surface area contributed by atoms with E-state index >= 15 is 0 Å². The summed E-state index contributed by atoms with van der Waals surface area (Å²) in [6, 6.07) is 1.63. The van der Waals surface area contributed by atoms with Gasteiger partial charge in [-0.25, -0.2) is 13.2 Å². The summed E-state index contributed by atoms with van der Waals surface area (Å²) in [7, 11) is 0. The van der Waals surface area contributed by atoms with Crippen LogP contribution in [0.15, 0.2) is 12.1 Å². The average molecular weight is 256 g/mol. The molecular formula is C10H7F3N4O. The van der Waals surface area contributed by atoms with Gasteiger partial charge in [0.05, 0.1) is 11.4 Å². The van der Waals surface area contributed by atoms with Crippen LogP contribution in [0, 0.1) is 24.4 Å². The number of amides is 1. The molecule has 2 rings (SSSR count). The highest BCUT2D eigenvalue weighted by Crippen LogP contribution is 2.20. The predicted octanol–water partition coefficient (Wildman–Crippen LogP) is 1.78. The summed E-state index contributed by atoms with van der Waals surface area (Å²) < 4.78 is 38.9. The summed E-state index contributed by atoms with van der Waals surface area (Å²) in [5.74, 6) is -5.22. The third-order valence-electron chi connectivity index (χ3n) is 2.22. The number of H-pyrrole nitrogens is 1. The molecule has 2 N–H and O–H groups in total. The molecule has 0 atom stereocenters. The van der Waals surface area contributed by atoms with E-state index < -0.39 is 29.0 Å². The molecule has 1 aromatic heterocycles. The number of rotatable bonds is 2. The highest BCUT2D eigenvalue weighted by atomic mass is 19.2. The van der Waals surface area contributed by atoms with Crippen molar-refractivity contribution in [1.29, 1.82) is 0 Å². The maximum atomic E-state index is 13.3. The van der Waals surface area contributed by atoms with Crippen molar-refractivity contribution in [2.75, 3.05) is 5.32 Å². The van der Waals surface area contributed by atoms with Crippen LogP contribution in [0.4, 0.5) is 18.9 Å². The Hall–Kier alpha value is -2.38. The van der Waals surface area contributed by atoms with E-state index in [2.05, 4.69) is 20.7 Å². The fraction of sp³-hybridized carbons (Fsp3) is 0.100. The van der Waals surface area contributed by atoms with Crippen molar-refractivity contribution < 1.29 is 18.0 Å². The van der Waals surface area contributed by atoms with Crippen molar-refractivity contribution in [1.82, 2.24) is 15.4 Å². The van der Waals surface area contributed by atoms with Crippen LogP contribution in [-0.4, -0.2) is 21.3 Å². The molecular weight excluding hydrogens is 249 g/mol. The zero-order chi connectivity index (χ0) is 13.3. The Morgan fingerprint density at radius 2 is 1.94 bits per heavy atom. The Morgan fingerprint density at radius 3 is 2.56 bits per heavy atom. The summed E-state index contributed by atoms with van der Waals surface area (Å²) in [5.41, 5.74) is -0.226. The van der Waals surface area contributed by atoms with Crippen molar-refractivity contribution in [3.63, 3.8) is 0 Å². The van der Waals surface area contributed by atoms with Gasteiger partial charge in [0, 0.05) is 0 Å². The summed E-state index contributed by atoms with van der Waals surface area (Å²) in [6.07, 6.45) is 0. The fourth-order valence-corrected chi connectivity index (χ4v) is 1.30. The van der Waals surface area contributed by atoms with Crippen molar-refractivity contribution in [2.24, 2.45) is 0 Å². The van der Waals surface area contributed by atoms with Gasteiger partial charge in [-0.15, -0.1) is 0 Å². The minimum Gasteiger partial charge on any atom is -0.318 e. The number of benzene rings is 1. The van der Waals surface area contributed by atoms with Gasteiger partial charge in [-0.1, -0.05) is 0 Å². The first-order chi connectivity index (χ1) is 8.50. The van der Waals surface area contributed by atoms with E-state index in [0.717, 1.165) is 6.07 Å². The molecule has 94 valence electrons. The minimum absolute atomic E-state index is 0.0564. The molecule has 0 saturated heterocycles. The third kappa shape index (κ3) is 2.04. The number of aromatic amines is 1. The average Bonchev–Trinajstić information content (AvgIpc) is 2.76. The molecule has 2 aromatic rings. The van der Waals surface area contributed by atoms with Gasteiger partial charge in [0.2, 0.25) is 0 Å². The molecule has 0 spiro atoms. The van der Waals surface area contributed by atoms with Crippen molar-refractivity contribution in [2.45, 2.75) is 6.92 Å². The number of halogens is 3. The van der Waals surface area contributed by atoms with Crippen LogP contribution < -0.4 is 5.32 Å². The van der Waals surface area contributed by atoms with Gasteiger partial charge in [-0.3, -0.25) is 4.79 Å². The van der Waals surface area contributed by atoms with Gasteiger partial charge in [0.1, 0.15) is 0 Å². The van der Waals surface area contributed by atoms with Gasteiger partial charge in [-0.2, -0.15) is 15.4 Å². The molecule has 0 saturated carbocycles. The Labute approximate surface area is 99.0 Å². The molecule has 0 aliphatic heterocycles. The molecule has 5 nitrogen and oxygen atoms in total. The molecule has 1 amide bonds. The number of carbonyl (C=O) groups is 1. The van der Waals surface area contributed by atoms with Crippen LogP contribution in [0.2, 0.25) is 0 Å². The summed E-state index contributed by atoms with van der Waals surface area (Å²) in [4.78, 5) is 11.6. The summed E-state index contributed by atoms with van der Waals surface area (Å²) in [6.45, 7) is 1.51. The van der Waals surface area contributed by atoms with E-state index in [0.29, 0.717) is 11.8 Å². The first-order valence-electron chi connectivity index (χ1n) is 4.83. The highest BCUT2D eigenvalue weighted by Gasteiger charge is 2.18. The zero-order valence-corrected chi connectivity index (χ0v) is 9.09. The molecule has 0 bridgehead atoms. The second-order valence-corrected chi connectivity index (χ2v) is 3.43. The Balaban J connectivity index is 2.28. The van der Waals surface area contributed by atoms with Gasteiger partial charge in [-0.05, 0) is 19.1 Å². The second-order valence-electron chi connectivity index (χ2n) is 3.43. The highest BCUT2D eigenvalue weighted by molar-refractivity contribution is 6.03. The summed E-state index contributed by atoms with van der Waals surface area (Å²) in [5, 5.41) is 11.4. The number of nitrogens with zero attached hydrogens (tertiary/aromatic N) is 2. The van der Waals surface area contributed by atoms with Gasteiger partial charge in [0.25, 0.3) is 5.91 Å². The summed E-state index contributed by atoms with van der Waals surface area (Å²) >= 11 is 0. The number of aromatic nitrogens is 3. The second kappa shape index (κ2) is 4.47. The number of hydrogen-bond donors (Lipinski definition) is 2. The molecule has 1 heterocycles. The van der Waals surface area contributed by atoms with Crippen molar-refractivity contribution >= 4 is 11.6 Å². The number of nitrogens with one attached hydrogen (secondary N) is 2. The van der Waals surface area contributed by atoms with E-state index in [4.69, 9.17) is 0 Å². The molecule has 8 heteroatoms. The normalized spacial score (nSPS) is 10.4. The van der Waals surface area contributed by atoms with Crippen molar-refractivity contribution in [3.8, 4) is 0 Å². The molecule has 0 fully saturated rings. The van der Waals surface area contributed by atoms with E-state index in [1.807, 2.05) is 0 Å². The molecule has 18 heavy (non-hydrogen) atoms. The topological polar surface area (TPSA) is 70.7 Å². The van der Waals surface area contributed by atoms with Gasteiger partial charge < -0.3 is 5.32 Å². The predicted molar refractivity (Wildman–Crippen MR) is 55.4 cm³/mol. The minimum atomic E-state index is -1.65. The van der Waals surface area contributed by atoms with Gasteiger partial charge >= 0.3 is 0 Å². The Morgan fingerprint density at radius 1 is 1.22 bits per heavy atom. The number of hydrogen-bond acceptors (Lipinski definition) is 3. The third-order valence-corrected chi connectivity index (χ3v) is 2.22. The monoisotopic (exact) mass is 256 g/mol. The van der Waals surface area contributed by atoms with E-state index in [1.165, 1.54) is 6.92 Å². The molecule has 0 aliphatic carbocycles. The Kier molecular flexibility index (Phi) is 3.00. The maximum Gasteiger partial charge on any atom is 0.278 e. The maximum absolute atomic E-state index is 13.3. The number of carbonyl (C=O) groups excluding carboxylic acids is 1. The zero-order valence-electron chi connectivity index (χ0n) is 9.09. The largest absolute Gasteiger partial charge is 0.318 e. The smallest absolute Gasteiger partial charge is 0.278 e. The quantitative estimate of drug-likeness (QED) is 0.804. The lowest BCUT2D eigenvalue weighted by atomic mass is 10.2. The van der Waals surface area contributed by atoms with Crippen LogP contribution in [0.25, 0.3) is 0 Å². The number of aryl methyl sites for hydroxylation is 1. The van der Waals surface area contributed by atoms with Crippen LogP contribution in [-0.2, 0) is 0 Å². The molecule has 0 aliphatic rings. The standard InChI is InChI=1S/C10H7F3N4O/c1-4-9(16-17-15-4)10(18)14-6-3-2-5(11)7(12)8(6)13/h2-3H,1H3,(H,14,18)(H,15,16,17). The first-order valence-corrected chi connectivity index (χ1v) is 4.83. The van der Waals surface area contributed by atoms with E-state index in [9.17, 15) is 18.0 Å². The van der Waals surface area contributed by atoms with Crippen molar-refractivity contribution in [3.05, 3.63) is 41.0 Å². The Bertz CT molecular complexity index is 611. The first kappa shape index (κ1) is 12.1. The molecule has 0 unspecified atom stereocenters. The van der Waals surface area contributed by atoms with E-state index in [-0.39, 0.29) is 5.69 Å². The molecule has 1 aromatic carbocycles. The van der Waals surface area contributed by atoms with Crippen LogP contribution in [0.3, 0.4) is 0 Å². The SMILES string of the molecule is Cc1n[nH]nc1C(=O)Nc1ccc(F)c(F)c1F. The van der Waals surface area contributed by atoms with E-state index in [1.54, 1.807) is 0 Å². The lowest BCUT2D eigenvalue weighted by molar-refractivity contribution is 0.102. The molecule has 0 radical (unpaired) electrons. The van der Waals surface area contributed by atoms with Crippen LogP contribution in [0.5, 0.6) is 0 Å². The van der Waals surface area contributed by atoms with Crippen LogP contribution in [0.1, 0.15) is 16.2 Å². The lowest BCUT2D eigenvalue weighted by Gasteiger charge is -2.05. The van der Waals surface area contributed by atoms with Gasteiger partial charge in [0.15, 0.2) is 23.1 Å². The van der Waals surface area contributed by atoms with Crippen LogP contribution >= 0.6 is 0 Å². The lowest BCUT2D eigenvalue weighted by Crippen LogP contribution is -2.15.